The third-order valence-corrected chi connectivity index (χ3v) is 3.77. The van der Waals surface area contributed by atoms with Gasteiger partial charge in [-0.1, -0.05) is 12.1 Å². The predicted octanol–water partition coefficient (Wildman–Crippen LogP) is 3.53. The summed E-state index contributed by atoms with van der Waals surface area (Å²) in [4.78, 5) is 8.78. The van der Waals surface area contributed by atoms with Crippen LogP contribution in [-0.2, 0) is 6.42 Å². The molecule has 1 aromatic heterocycles. The van der Waals surface area contributed by atoms with Crippen LogP contribution in [-0.4, -0.2) is 24.0 Å². The molecule has 0 aliphatic rings. The van der Waals surface area contributed by atoms with Crippen LogP contribution < -0.4 is 10.6 Å². The number of rotatable bonds is 6. The first-order valence-electron chi connectivity index (χ1n) is 8.41. The van der Waals surface area contributed by atoms with Crippen molar-refractivity contribution in [2.45, 2.75) is 33.2 Å². The number of guanidine groups is 1. The third-order valence-electron chi connectivity index (χ3n) is 3.77. The molecule has 0 bridgehead atoms. The van der Waals surface area contributed by atoms with Crippen molar-refractivity contribution in [3.05, 3.63) is 65.0 Å². The van der Waals surface area contributed by atoms with E-state index in [0.717, 1.165) is 23.7 Å². The van der Waals surface area contributed by atoms with Gasteiger partial charge in [0.15, 0.2) is 5.96 Å². The molecule has 2 aromatic rings. The van der Waals surface area contributed by atoms with E-state index in [0.29, 0.717) is 24.6 Å². The molecule has 0 saturated carbocycles. The molecule has 0 aliphatic carbocycles. The van der Waals surface area contributed by atoms with Crippen LogP contribution in [0.3, 0.4) is 0 Å². The standard InChI is InChI=1S/C19H24F2N4/c1-4-22-19(23-10-9-15-6-5-13(2)24-12-15)25-14(3)17-8-7-16(20)11-18(17)21/h5-8,11-12,14H,4,9-10H2,1-3H3,(H2,22,23,25). The minimum absolute atomic E-state index is 0.334. The van der Waals surface area contributed by atoms with Crippen LogP contribution in [0.5, 0.6) is 0 Å². The van der Waals surface area contributed by atoms with Crippen molar-refractivity contribution >= 4 is 5.96 Å². The zero-order valence-electron chi connectivity index (χ0n) is 14.8. The van der Waals surface area contributed by atoms with Gasteiger partial charge in [0.1, 0.15) is 11.6 Å². The van der Waals surface area contributed by atoms with Gasteiger partial charge in [-0.15, -0.1) is 0 Å². The second-order valence-electron chi connectivity index (χ2n) is 5.85. The Morgan fingerprint density at radius 2 is 2.04 bits per heavy atom. The number of benzene rings is 1. The first-order chi connectivity index (χ1) is 12.0. The number of hydrogen-bond donors (Lipinski definition) is 2. The molecule has 134 valence electrons. The molecule has 1 atom stereocenters. The summed E-state index contributed by atoms with van der Waals surface area (Å²) in [5.74, 6) is -0.555. The summed E-state index contributed by atoms with van der Waals surface area (Å²) in [6, 6.07) is 7.27. The largest absolute Gasteiger partial charge is 0.357 e. The quantitative estimate of drug-likeness (QED) is 0.621. The van der Waals surface area contributed by atoms with Gasteiger partial charge in [0, 0.05) is 36.6 Å². The summed E-state index contributed by atoms with van der Waals surface area (Å²) in [6.45, 7) is 7.00. The lowest BCUT2D eigenvalue weighted by Crippen LogP contribution is -2.39. The van der Waals surface area contributed by atoms with Crippen molar-refractivity contribution in [2.24, 2.45) is 4.99 Å². The van der Waals surface area contributed by atoms with E-state index in [1.165, 1.54) is 12.1 Å². The van der Waals surface area contributed by atoms with Crippen molar-refractivity contribution in [3.8, 4) is 0 Å². The molecule has 25 heavy (non-hydrogen) atoms. The number of hydrogen-bond acceptors (Lipinski definition) is 2. The van der Waals surface area contributed by atoms with E-state index in [4.69, 9.17) is 0 Å². The molecular weight excluding hydrogens is 322 g/mol. The maximum absolute atomic E-state index is 13.9. The number of aromatic nitrogens is 1. The van der Waals surface area contributed by atoms with Crippen LogP contribution in [0.15, 0.2) is 41.5 Å². The number of nitrogens with one attached hydrogen (secondary N) is 2. The zero-order chi connectivity index (χ0) is 18.2. The van der Waals surface area contributed by atoms with Crippen LogP contribution >= 0.6 is 0 Å². The van der Waals surface area contributed by atoms with Gasteiger partial charge in [-0.2, -0.15) is 0 Å². The fourth-order valence-electron chi connectivity index (χ4n) is 2.40. The Balaban J connectivity index is 1.99. The molecule has 0 saturated heterocycles. The first kappa shape index (κ1) is 18.8. The van der Waals surface area contributed by atoms with Gasteiger partial charge in [-0.05, 0) is 44.9 Å². The summed E-state index contributed by atoms with van der Waals surface area (Å²) in [5.41, 5.74) is 2.50. The van der Waals surface area contributed by atoms with Crippen molar-refractivity contribution in [2.75, 3.05) is 13.1 Å². The van der Waals surface area contributed by atoms with Gasteiger partial charge in [0.05, 0.1) is 6.04 Å². The lowest BCUT2D eigenvalue weighted by molar-refractivity contribution is 0.551. The number of aliphatic imine (C=N–C) groups is 1. The minimum Gasteiger partial charge on any atom is -0.357 e. The van der Waals surface area contributed by atoms with Gasteiger partial charge < -0.3 is 10.6 Å². The van der Waals surface area contributed by atoms with E-state index in [1.807, 2.05) is 39.1 Å². The lowest BCUT2D eigenvalue weighted by Gasteiger charge is -2.18. The van der Waals surface area contributed by atoms with E-state index in [1.54, 1.807) is 0 Å². The Bertz CT molecular complexity index is 714. The van der Waals surface area contributed by atoms with Crippen molar-refractivity contribution < 1.29 is 8.78 Å². The molecule has 4 nitrogen and oxygen atoms in total. The van der Waals surface area contributed by atoms with Crippen molar-refractivity contribution in [3.63, 3.8) is 0 Å². The normalized spacial score (nSPS) is 12.8. The molecule has 2 rings (SSSR count). The molecule has 0 radical (unpaired) electrons. The maximum Gasteiger partial charge on any atom is 0.191 e. The molecule has 0 amide bonds. The van der Waals surface area contributed by atoms with Crippen LogP contribution in [0, 0.1) is 18.6 Å². The minimum atomic E-state index is -0.583. The second-order valence-corrected chi connectivity index (χ2v) is 5.85. The molecule has 2 N–H and O–H groups in total. The first-order valence-corrected chi connectivity index (χ1v) is 8.41. The number of halogens is 2. The summed E-state index contributed by atoms with van der Waals surface area (Å²) < 4.78 is 26.9. The maximum atomic E-state index is 13.9. The van der Waals surface area contributed by atoms with E-state index in [2.05, 4.69) is 20.6 Å². The molecule has 1 aromatic carbocycles. The molecule has 1 unspecified atom stereocenters. The molecule has 0 fully saturated rings. The Labute approximate surface area is 147 Å². The highest BCUT2D eigenvalue weighted by Crippen LogP contribution is 2.17. The van der Waals surface area contributed by atoms with E-state index < -0.39 is 11.6 Å². The van der Waals surface area contributed by atoms with E-state index >= 15 is 0 Å². The van der Waals surface area contributed by atoms with Crippen LogP contribution in [0.1, 0.15) is 36.7 Å². The van der Waals surface area contributed by atoms with Crippen LogP contribution in [0.2, 0.25) is 0 Å². The Hall–Kier alpha value is -2.50. The topological polar surface area (TPSA) is 49.3 Å². The van der Waals surface area contributed by atoms with E-state index in [-0.39, 0.29) is 6.04 Å². The lowest BCUT2D eigenvalue weighted by atomic mass is 10.1. The second kappa shape index (κ2) is 9.11. The highest BCUT2D eigenvalue weighted by Gasteiger charge is 2.13. The summed E-state index contributed by atoms with van der Waals surface area (Å²) >= 11 is 0. The Morgan fingerprint density at radius 3 is 2.68 bits per heavy atom. The van der Waals surface area contributed by atoms with Gasteiger partial charge in [0.2, 0.25) is 0 Å². The van der Waals surface area contributed by atoms with Crippen LogP contribution in [0.25, 0.3) is 0 Å². The summed E-state index contributed by atoms with van der Waals surface area (Å²) in [7, 11) is 0. The van der Waals surface area contributed by atoms with Crippen molar-refractivity contribution in [1.29, 1.82) is 0 Å². The average Bonchev–Trinajstić information content (AvgIpc) is 2.56. The third kappa shape index (κ3) is 5.81. The number of nitrogens with zero attached hydrogens (tertiary/aromatic N) is 2. The smallest absolute Gasteiger partial charge is 0.191 e. The highest BCUT2D eigenvalue weighted by atomic mass is 19.1. The molecule has 1 heterocycles. The van der Waals surface area contributed by atoms with Gasteiger partial charge in [0.25, 0.3) is 0 Å². The van der Waals surface area contributed by atoms with Gasteiger partial charge in [-0.3, -0.25) is 9.98 Å². The summed E-state index contributed by atoms with van der Waals surface area (Å²) in [6.07, 6.45) is 2.62. The molecule has 0 spiro atoms. The fourth-order valence-corrected chi connectivity index (χ4v) is 2.40. The number of pyridine rings is 1. The Kier molecular flexibility index (Phi) is 6.86. The monoisotopic (exact) mass is 346 g/mol. The van der Waals surface area contributed by atoms with Gasteiger partial charge >= 0.3 is 0 Å². The average molecular weight is 346 g/mol. The molecule has 0 aliphatic heterocycles. The predicted molar refractivity (Wildman–Crippen MR) is 96.6 cm³/mol. The number of aryl methyl sites for hydroxylation is 1. The fraction of sp³-hybridized carbons (Fsp3) is 0.368. The SMILES string of the molecule is CCNC(=NCCc1ccc(C)nc1)NC(C)c1ccc(F)cc1F. The molecular formula is C19H24F2N4. The van der Waals surface area contributed by atoms with Crippen LogP contribution in [0.4, 0.5) is 8.78 Å². The highest BCUT2D eigenvalue weighted by molar-refractivity contribution is 5.80. The summed E-state index contributed by atoms with van der Waals surface area (Å²) in [5, 5.41) is 6.29. The molecule has 6 heteroatoms. The van der Waals surface area contributed by atoms with Gasteiger partial charge in [-0.25, -0.2) is 8.78 Å². The zero-order valence-corrected chi connectivity index (χ0v) is 14.8. The van der Waals surface area contributed by atoms with E-state index in [9.17, 15) is 8.78 Å². The Morgan fingerprint density at radius 1 is 1.24 bits per heavy atom. The van der Waals surface area contributed by atoms with Crippen molar-refractivity contribution in [1.82, 2.24) is 15.6 Å².